The van der Waals surface area contributed by atoms with Crippen LogP contribution in [-0.2, 0) is 11.2 Å². The molecule has 0 fully saturated rings. The molecular weight excluding hydrogens is 396 g/mol. The van der Waals surface area contributed by atoms with Gasteiger partial charge in [0.1, 0.15) is 0 Å². The number of hydrogen-bond donors (Lipinski definition) is 2. The van der Waals surface area contributed by atoms with E-state index in [2.05, 4.69) is 37.2 Å². The van der Waals surface area contributed by atoms with Gasteiger partial charge in [0.05, 0.1) is 11.7 Å². The number of aryl methyl sites for hydroxylation is 1. The Morgan fingerprint density at radius 1 is 1.05 bits per heavy atom. The zero-order valence-electron chi connectivity index (χ0n) is 11.4. The third-order valence-electron chi connectivity index (χ3n) is 3.13. The number of rotatable bonds is 5. The van der Waals surface area contributed by atoms with Gasteiger partial charge >= 0.3 is 0 Å². The second-order valence-corrected chi connectivity index (χ2v) is 6.43. The quantitative estimate of drug-likeness (QED) is 0.777. The van der Waals surface area contributed by atoms with Crippen molar-refractivity contribution in [3.63, 3.8) is 0 Å². The molecule has 5 heteroatoms. The van der Waals surface area contributed by atoms with Crippen molar-refractivity contribution in [2.24, 2.45) is 5.73 Å². The average Bonchev–Trinajstić information content (AvgIpc) is 2.49. The van der Waals surface area contributed by atoms with Gasteiger partial charge in [0.15, 0.2) is 0 Å². The van der Waals surface area contributed by atoms with Crippen LogP contribution >= 0.6 is 31.9 Å². The maximum Gasteiger partial charge on any atom is 0.241 e. The van der Waals surface area contributed by atoms with E-state index in [4.69, 9.17) is 5.73 Å². The number of anilines is 1. The predicted molar refractivity (Wildman–Crippen MR) is 93.2 cm³/mol. The minimum atomic E-state index is -0.538. The number of halogens is 2. The minimum Gasteiger partial charge on any atom is -0.323 e. The van der Waals surface area contributed by atoms with E-state index < -0.39 is 6.04 Å². The fraction of sp³-hybridized carbons (Fsp3) is 0.188. The molecule has 2 aromatic carbocycles. The van der Waals surface area contributed by atoms with Crippen molar-refractivity contribution >= 4 is 43.5 Å². The second-order valence-electron chi connectivity index (χ2n) is 4.72. The summed E-state index contributed by atoms with van der Waals surface area (Å²) in [6.07, 6.45) is 1.39. The van der Waals surface area contributed by atoms with Gasteiger partial charge in [-0.2, -0.15) is 0 Å². The maximum absolute atomic E-state index is 12.2. The van der Waals surface area contributed by atoms with E-state index in [0.29, 0.717) is 12.1 Å². The molecule has 1 atom stereocenters. The number of nitrogens with one attached hydrogen (secondary N) is 1. The zero-order valence-corrected chi connectivity index (χ0v) is 14.5. The van der Waals surface area contributed by atoms with Crippen LogP contribution in [0.25, 0.3) is 0 Å². The lowest BCUT2D eigenvalue weighted by atomic mass is 10.1. The molecule has 0 radical (unpaired) electrons. The molecule has 1 amide bonds. The molecule has 21 heavy (non-hydrogen) atoms. The van der Waals surface area contributed by atoms with E-state index in [1.165, 1.54) is 5.56 Å². The molecule has 0 bridgehead atoms. The summed E-state index contributed by atoms with van der Waals surface area (Å²) in [5, 5.41) is 2.86. The molecule has 0 saturated heterocycles. The first-order valence-corrected chi connectivity index (χ1v) is 8.21. The molecule has 0 aliphatic heterocycles. The molecule has 110 valence electrons. The summed E-state index contributed by atoms with van der Waals surface area (Å²) in [6, 6.07) is 15.1. The highest BCUT2D eigenvalue weighted by Gasteiger charge is 2.16. The van der Waals surface area contributed by atoms with Crippen molar-refractivity contribution in [2.45, 2.75) is 18.9 Å². The van der Waals surface area contributed by atoms with Crippen molar-refractivity contribution in [3.05, 3.63) is 63.0 Å². The van der Waals surface area contributed by atoms with E-state index in [1.807, 2.05) is 48.5 Å². The smallest absolute Gasteiger partial charge is 0.241 e. The molecule has 2 aromatic rings. The van der Waals surface area contributed by atoms with Crippen molar-refractivity contribution < 1.29 is 4.79 Å². The summed E-state index contributed by atoms with van der Waals surface area (Å²) in [5.74, 6) is -0.182. The highest BCUT2D eigenvalue weighted by atomic mass is 79.9. The van der Waals surface area contributed by atoms with Crippen molar-refractivity contribution in [2.75, 3.05) is 5.32 Å². The number of carbonyl (C=O) groups is 1. The van der Waals surface area contributed by atoms with Crippen LogP contribution in [0, 0.1) is 0 Å². The van der Waals surface area contributed by atoms with Crippen LogP contribution in [0.1, 0.15) is 12.0 Å². The average molecular weight is 412 g/mol. The molecule has 0 aromatic heterocycles. The van der Waals surface area contributed by atoms with E-state index in [9.17, 15) is 4.79 Å². The third-order valence-corrected chi connectivity index (χ3v) is 4.46. The lowest BCUT2D eigenvalue weighted by Crippen LogP contribution is -2.36. The van der Waals surface area contributed by atoms with Crippen LogP contribution in [0.2, 0.25) is 0 Å². The fourth-order valence-corrected chi connectivity index (χ4v) is 3.13. The van der Waals surface area contributed by atoms with Crippen LogP contribution in [0.15, 0.2) is 57.5 Å². The molecule has 3 nitrogen and oxygen atoms in total. The van der Waals surface area contributed by atoms with Gasteiger partial charge < -0.3 is 11.1 Å². The van der Waals surface area contributed by atoms with Gasteiger partial charge in [-0.25, -0.2) is 0 Å². The van der Waals surface area contributed by atoms with Gasteiger partial charge in [-0.15, -0.1) is 0 Å². The van der Waals surface area contributed by atoms with E-state index in [1.54, 1.807) is 0 Å². The lowest BCUT2D eigenvalue weighted by molar-refractivity contribution is -0.117. The Bertz CT molecular complexity index is 597. The van der Waals surface area contributed by atoms with Crippen LogP contribution in [0.3, 0.4) is 0 Å². The first-order chi connectivity index (χ1) is 10.1. The lowest BCUT2D eigenvalue weighted by Gasteiger charge is -2.14. The number of carbonyl (C=O) groups excluding carboxylic acids is 1. The van der Waals surface area contributed by atoms with Gasteiger partial charge in [0.2, 0.25) is 5.91 Å². The van der Waals surface area contributed by atoms with Crippen molar-refractivity contribution in [1.29, 1.82) is 0 Å². The molecule has 0 aliphatic carbocycles. The fourth-order valence-electron chi connectivity index (χ4n) is 1.93. The first-order valence-electron chi connectivity index (χ1n) is 6.62. The molecule has 0 spiro atoms. The molecular formula is C16H16Br2N2O. The molecule has 2 rings (SSSR count). The summed E-state index contributed by atoms with van der Waals surface area (Å²) in [6.45, 7) is 0. The number of para-hydroxylation sites is 1. The Hall–Kier alpha value is -1.17. The zero-order chi connectivity index (χ0) is 15.2. The Morgan fingerprint density at radius 3 is 2.29 bits per heavy atom. The van der Waals surface area contributed by atoms with Gasteiger partial charge in [0, 0.05) is 8.95 Å². The molecule has 0 heterocycles. The highest BCUT2D eigenvalue weighted by molar-refractivity contribution is 9.11. The Balaban J connectivity index is 1.94. The Labute approximate surface area is 141 Å². The van der Waals surface area contributed by atoms with E-state index >= 15 is 0 Å². The third kappa shape index (κ3) is 4.66. The molecule has 0 saturated carbocycles. The minimum absolute atomic E-state index is 0.182. The van der Waals surface area contributed by atoms with Crippen LogP contribution in [0.5, 0.6) is 0 Å². The maximum atomic E-state index is 12.2. The Morgan fingerprint density at radius 2 is 1.67 bits per heavy atom. The number of benzene rings is 2. The van der Waals surface area contributed by atoms with Gasteiger partial charge in [-0.05, 0) is 62.4 Å². The van der Waals surface area contributed by atoms with Crippen LogP contribution in [-0.4, -0.2) is 11.9 Å². The van der Waals surface area contributed by atoms with Crippen LogP contribution in [0.4, 0.5) is 5.69 Å². The number of nitrogens with two attached hydrogens (primary N) is 1. The Kier molecular flexibility index (Phi) is 5.96. The topological polar surface area (TPSA) is 55.1 Å². The van der Waals surface area contributed by atoms with Gasteiger partial charge in [-0.1, -0.05) is 36.4 Å². The SMILES string of the molecule is NC(CCc1ccccc1)C(=O)Nc1c(Br)cccc1Br. The molecule has 3 N–H and O–H groups in total. The van der Waals surface area contributed by atoms with E-state index in [-0.39, 0.29) is 5.91 Å². The first kappa shape index (κ1) is 16.2. The van der Waals surface area contributed by atoms with Crippen LogP contribution < -0.4 is 11.1 Å². The summed E-state index contributed by atoms with van der Waals surface area (Å²) < 4.78 is 1.64. The van der Waals surface area contributed by atoms with Gasteiger partial charge in [0.25, 0.3) is 0 Å². The summed E-state index contributed by atoms with van der Waals surface area (Å²) in [5.41, 5.74) is 7.86. The van der Waals surface area contributed by atoms with Gasteiger partial charge in [-0.3, -0.25) is 4.79 Å². The second kappa shape index (κ2) is 7.73. The monoisotopic (exact) mass is 410 g/mol. The predicted octanol–water partition coefficient (Wildman–Crippen LogP) is 4.11. The molecule has 1 unspecified atom stereocenters. The summed E-state index contributed by atoms with van der Waals surface area (Å²) in [7, 11) is 0. The standard InChI is InChI=1S/C16H16Br2N2O/c17-12-7-4-8-13(18)15(12)20-16(21)14(19)10-9-11-5-2-1-3-6-11/h1-8,14H,9-10,19H2,(H,20,21). The largest absolute Gasteiger partial charge is 0.323 e. The normalized spacial score (nSPS) is 12.0. The van der Waals surface area contributed by atoms with Crippen molar-refractivity contribution in [3.8, 4) is 0 Å². The highest BCUT2D eigenvalue weighted by Crippen LogP contribution is 2.30. The summed E-state index contributed by atoms with van der Waals surface area (Å²) >= 11 is 6.83. The number of hydrogen-bond acceptors (Lipinski definition) is 2. The summed E-state index contributed by atoms with van der Waals surface area (Å²) in [4.78, 5) is 12.2. The van der Waals surface area contributed by atoms with Crippen molar-refractivity contribution in [1.82, 2.24) is 0 Å². The van der Waals surface area contributed by atoms with E-state index in [0.717, 1.165) is 15.4 Å². The molecule has 0 aliphatic rings. The number of amides is 1.